The van der Waals surface area contributed by atoms with Gasteiger partial charge in [-0.2, -0.15) is 10.2 Å². The molecule has 2 aliphatic heterocycles. The van der Waals surface area contributed by atoms with Crippen LogP contribution in [0.15, 0.2) is 48.5 Å². The number of amides is 3. The molecule has 0 atom stereocenters. The lowest BCUT2D eigenvalue weighted by Gasteiger charge is -2.31. The number of rotatable bonds is 10. The van der Waals surface area contributed by atoms with Crippen LogP contribution in [0.5, 0.6) is 0 Å². The zero-order chi connectivity index (χ0) is 42.5. The standard InChI is InChI=1S/C23H29FN4O2.C23H28FN3O3/c1-15-20-10-11-27(22(29)12-16-2-6-18(7-3-16)23(25)30)14-21(20)28(26-15)13-17-4-8-19(24)9-5-17;1-15-20-10-11-26(22(28)12-16-2-6-18(7-3-16)23(29)30)14-21(20)27(25-15)13-17-4-8-19(24)9-5-17/h4-5,8-9,16,18H,2-3,6-7,10-14H2,1H3,(H2,25,30);4-5,8-9,16,18H,2-3,6-7,10-14H2,1H3,(H,29,30). The first-order valence-corrected chi connectivity index (χ1v) is 21.5. The van der Waals surface area contributed by atoms with Crippen molar-refractivity contribution < 1.29 is 33.1 Å². The molecule has 320 valence electrons. The summed E-state index contributed by atoms with van der Waals surface area (Å²) in [7, 11) is 0. The van der Waals surface area contributed by atoms with E-state index in [4.69, 9.17) is 10.8 Å². The first kappa shape index (κ1) is 42.7. The summed E-state index contributed by atoms with van der Waals surface area (Å²) < 4.78 is 30.3. The van der Waals surface area contributed by atoms with Gasteiger partial charge in [0.2, 0.25) is 17.7 Å². The Morgan fingerprint density at radius 3 is 1.38 bits per heavy atom. The van der Waals surface area contributed by atoms with Gasteiger partial charge in [-0.1, -0.05) is 24.3 Å². The van der Waals surface area contributed by atoms with E-state index in [2.05, 4.69) is 10.2 Å². The molecule has 2 saturated carbocycles. The second-order valence-electron chi connectivity index (χ2n) is 17.3. The maximum absolute atomic E-state index is 13.2. The number of nitrogens with two attached hydrogens (primary N) is 1. The molecule has 2 aliphatic carbocycles. The molecule has 0 bridgehead atoms. The van der Waals surface area contributed by atoms with E-state index in [0.29, 0.717) is 70.9 Å². The number of hydrogen-bond acceptors (Lipinski definition) is 6. The molecule has 8 rings (SSSR count). The molecule has 0 radical (unpaired) electrons. The molecule has 4 aromatic rings. The van der Waals surface area contributed by atoms with Gasteiger partial charge < -0.3 is 20.6 Å². The molecule has 0 saturated heterocycles. The number of carbonyl (C=O) groups excluding carboxylic acids is 3. The van der Waals surface area contributed by atoms with Gasteiger partial charge in [-0.15, -0.1) is 0 Å². The summed E-state index contributed by atoms with van der Waals surface area (Å²) >= 11 is 0. The number of halogens is 2. The molecule has 14 heteroatoms. The Morgan fingerprint density at radius 1 is 0.633 bits per heavy atom. The van der Waals surface area contributed by atoms with E-state index in [1.165, 1.54) is 35.4 Å². The van der Waals surface area contributed by atoms with E-state index >= 15 is 0 Å². The van der Waals surface area contributed by atoms with Gasteiger partial charge >= 0.3 is 5.97 Å². The smallest absolute Gasteiger partial charge is 0.306 e. The number of carbonyl (C=O) groups is 4. The summed E-state index contributed by atoms with van der Waals surface area (Å²) in [6, 6.07) is 12.9. The predicted molar refractivity (Wildman–Crippen MR) is 220 cm³/mol. The lowest BCUT2D eigenvalue weighted by atomic mass is 9.80. The minimum atomic E-state index is -0.715. The summed E-state index contributed by atoms with van der Waals surface area (Å²) in [5.74, 6) is -0.787. The Balaban J connectivity index is 0.000000181. The van der Waals surface area contributed by atoms with Crippen LogP contribution in [-0.4, -0.2) is 71.2 Å². The second-order valence-corrected chi connectivity index (χ2v) is 17.3. The number of carboxylic acids is 1. The number of aromatic nitrogens is 4. The van der Waals surface area contributed by atoms with Crippen LogP contribution in [-0.2, 0) is 58.2 Å². The molecule has 2 aromatic heterocycles. The van der Waals surface area contributed by atoms with Gasteiger partial charge in [-0.25, -0.2) is 8.78 Å². The fraction of sp³-hybridized carbons (Fsp3) is 0.522. The van der Waals surface area contributed by atoms with Gasteiger partial charge in [0, 0.05) is 31.8 Å². The first-order valence-electron chi connectivity index (χ1n) is 21.5. The fourth-order valence-electron chi connectivity index (χ4n) is 9.58. The maximum atomic E-state index is 13.2. The zero-order valence-electron chi connectivity index (χ0n) is 34.8. The number of aliphatic carboxylic acids is 1. The molecule has 4 heterocycles. The molecular weight excluding hydrogens is 769 g/mol. The van der Waals surface area contributed by atoms with E-state index in [0.717, 1.165) is 85.3 Å². The maximum Gasteiger partial charge on any atom is 0.306 e. The molecule has 2 fully saturated rings. The Labute approximate surface area is 350 Å². The number of primary amides is 1. The lowest BCUT2D eigenvalue weighted by molar-refractivity contribution is -0.143. The molecular formula is C46H57F2N7O5. The van der Waals surface area contributed by atoms with Crippen molar-refractivity contribution in [1.82, 2.24) is 29.4 Å². The van der Waals surface area contributed by atoms with Crippen LogP contribution < -0.4 is 5.73 Å². The molecule has 3 amide bonds. The molecule has 0 unspecified atom stereocenters. The number of nitrogens with zero attached hydrogens (tertiary/aromatic N) is 6. The molecule has 0 spiro atoms. The van der Waals surface area contributed by atoms with Crippen molar-refractivity contribution in [3.05, 3.63) is 105 Å². The van der Waals surface area contributed by atoms with E-state index in [1.807, 2.05) is 33.0 Å². The Hall–Kier alpha value is -5.40. The Bertz CT molecular complexity index is 2010. The van der Waals surface area contributed by atoms with Crippen LogP contribution in [0.2, 0.25) is 0 Å². The molecule has 4 aliphatic rings. The van der Waals surface area contributed by atoms with Gasteiger partial charge in [0.15, 0.2) is 0 Å². The largest absolute Gasteiger partial charge is 0.481 e. The van der Waals surface area contributed by atoms with Crippen LogP contribution in [0.25, 0.3) is 0 Å². The van der Waals surface area contributed by atoms with E-state index in [-0.39, 0.29) is 47.1 Å². The van der Waals surface area contributed by atoms with Crippen LogP contribution in [0.4, 0.5) is 8.78 Å². The fourth-order valence-corrected chi connectivity index (χ4v) is 9.58. The van der Waals surface area contributed by atoms with E-state index in [9.17, 15) is 28.0 Å². The second kappa shape index (κ2) is 18.9. The van der Waals surface area contributed by atoms with Crippen LogP contribution in [0.1, 0.15) is 109 Å². The highest BCUT2D eigenvalue weighted by atomic mass is 19.1. The average Bonchev–Trinajstić information content (AvgIpc) is 3.73. The highest BCUT2D eigenvalue weighted by Gasteiger charge is 2.32. The first-order chi connectivity index (χ1) is 28.8. The summed E-state index contributed by atoms with van der Waals surface area (Å²) in [6.45, 7) is 7.64. The molecule has 60 heavy (non-hydrogen) atoms. The van der Waals surface area contributed by atoms with Gasteiger partial charge in [0.05, 0.1) is 54.9 Å². The molecule has 3 N–H and O–H groups in total. The highest BCUT2D eigenvalue weighted by Crippen LogP contribution is 2.34. The van der Waals surface area contributed by atoms with E-state index in [1.54, 1.807) is 24.3 Å². The normalized spacial score (nSPS) is 21.3. The van der Waals surface area contributed by atoms with Crippen LogP contribution >= 0.6 is 0 Å². The van der Waals surface area contributed by atoms with Gasteiger partial charge in [-0.3, -0.25) is 28.5 Å². The number of aryl methyl sites for hydroxylation is 2. The summed E-state index contributed by atoms with van der Waals surface area (Å²) in [5, 5.41) is 18.5. The summed E-state index contributed by atoms with van der Waals surface area (Å²) in [6.07, 6.45) is 8.95. The van der Waals surface area contributed by atoms with Gasteiger partial charge in [0.1, 0.15) is 11.6 Å². The van der Waals surface area contributed by atoms with Crippen molar-refractivity contribution in [2.75, 3.05) is 13.1 Å². The van der Waals surface area contributed by atoms with Crippen LogP contribution in [0, 0.1) is 49.2 Å². The van der Waals surface area contributed by atoms with Gasteiger partial charge in [0.25, 0.3) is 0 Å². The van der Waals surface area contributed by atoms with E-state index < -0.39 is 5.97 Å². The Morgan fingerprint density at radius 2 is 1.02 bits per heavy atom. The highest BCUT2D eigenvalue weighted by molar-refractivity contribution is 5.78. The number of benzene rings is 2. The van der Waals surface area contributed by atoms with Crippen molar-refractivity contribution >= 4 is 23.7 Å². The zero-order valence-corrected chi connectivity index (χ0v) is 34.8. The topological polar surface area (TPSA) is 157 Å². The van der Waals surface area contributed by atoms with Crippen molar-refractivity contribution in [3.8, 4) is 0 Å². The summed E-state index contributed by atoms with van der Waals surface area (Å²) in [5.41, 5.74) is 13.9. The van der Waals surface area contributed by atoms with Crippen molar-refractivity contribution in [2.45, 2.75) is 117 Å². The quantitative estimate of drug-likeness (QED) is 0.185. The lowest BCUT2D eigenvalue weighted by Crippen LogP contribution is -2.38. The minimum absolute atomic E-state index is 0.0299. The predicted octanol–water partition coefficient (Wildman–Crippen LogP) is 6.49. The van der Waals surface area contributed by atoms with Crippen molar-refractivity contribution in [1.29, 1.82) is 0 Å². The van der Waals surface area contributed by atoms with Crippen molar-refractivity contribution in [3.63, 3.8) is 0 Å². The molecule has 2 aromatic carbocycles. The third-order valence-corrected chi connectivity index (χ3v) is 13.2. The third kappa shape index (κ3) is 10.3. The average molecular weight is 826 g/mol. The summed E-state index contributed by atoms with van der Waals surface area (Å²) in [4.78, 5) is 52.2. The molecule has 12 nitrogen and oxygen atoms in total. The van der Waals surface area contributed by atoms with Crippen molar-refractivity contribution in [2.24, 2.45) is 29.4 Å². The van der Waals surface area contributed by atoms with Crippen LogP contribution in [0.3, 0.4) is 0 Å². The monoisotopic (exact) mass is 825 g/mol. The Kier molecular flexibility index (Phi) is 13.4. The minimum Gasteiger partial charge on any atom is -0.481 e. The third-order valence-electron chi connectivity index (χ3n) is 13.2. The number of hydrogen-bond donors (Lipinski definition) is 2. The SMILES string of the molecule is Cc1nn(Cc2ccc(F)cc2)c2c1CCN(C(=O)CC1CCC(C(=O)O)CC1)C2.Cc1nn(Cc2ccc(F)cc2)c2c1CCN(C(=O)CC1CCC(C(N)=O)CC1)C2. The number of carboxylic acid groups (broad SMARTS) is 1. The van der Waals surface area contributed by atoms with Gasteiger partial charge in [-0.05, 0) is 136 Å². The number of fused-ring (bicyclic) bond motifs is 2.